The number of nitrogens with zero attached hydrogens (tertiary/aromatic N) is 1. The number of carbonyl (C=O) groups is 1. The number of benzene rings is 3. The Labute approximate surface area is 226 Å². The molecule has 1 aliphatic heterocycles. The number of rotatable bonds is 7. The van der Waals surface area contributed by atoms with E-state index in [0.717, 1.165) is 33.6 Å². The maximum absolute atomic E-state index is 13.1. The van der Waals surface area contributed by atoms with E-state index in [1.165, 1.54) is 0 Å². The number of carbonyl (C=O) groups excluding carboxylic acids is 1. The molecule has 2 unspecified atom stereocenters. The molecule has 0 fully saturated rings. The van der Waals surface area contributed by atoms with Crippen LogP contribution in [0.2, 0.25) is 0 Å². The number of aromatic nitrogens is 2. The summed E-state index contributed by atoms with van der Waals surface area (Å²) in [6, 6.07) is 33.6. The SMILES string of the molecule is O=C(NCCc1ccccn1)c1ccc2c(c1)C(c1ccc(-c3ccccc3)cc1)C(c1ccc[nH]c1=O)N2. The van der Waals surface area contributed by atoms with Crippen molar-refractivity contribution in [1.29, 1.82) is 0 Å². The summed E-state index contributed by atoms with van der Waals surface area (Å²) in [4.78, 5) is 33.0. The largest absolute Gasteiger partial charge is 0.377 e. The van der Waals surface area contributed by atoms with E-state index in [0.29, 0.717) is 24.1 Å². The summed E-state index contributed by atoms with van der Waals surface area (Å²) in [7, 11) is 0. The Morgan fingerprint density at radius 2 is 1.62 bits per heavy atom. The second kappa shape index (κ2) is 10.8. The lowest BCUT2D eigenvalue weighted by Gasteiger charge is -2.21. The van der Waals surface area contributed by atoms with E-state index in [9.17, 15) is 9.59 Å². The standard InChI is InChI=1S/C33H28N4O2/c38-32(36-20-17-26-9-4-5-18-34-26)25-15-16-29-28(21-25)30(31(37-29)27-10-6-19-35-33(27)39)24-13-11-23(12-14-24)22-7-2-1-3-8-22/h1-16,18-19,21,30-31,37H,17,20H2,(H,35,39)(H,36,38). The third-order valence-electron chi connectivity index (χ3n) is 7.25. The Bertz CT molecular complexity index is 1650. The van der Waals surface area contributed by atoms with Gasteiger partial charge in [0.1, 0.15) is 0 Å². The lowest BCUT2D eigenvalue weighted by atomic mass is 9.84. The minimum absolute atomic E-state index is 0.124. The van der Waals surface area contributed by atoms with Gasteiger partial charge in [-0.05, 0) is 64.7 Å². The van der Waals surface area contributed by atoms with Crippen molar-refractivity contribution in [2.75, 3.05) is 11.9 Å². The molecule has 3 heterocycles. The fourth-order valence-electron chi connectivity index (χ4n) is 5.30. The highest BCUT2D eigenvalue weighted by Crippen LogP contribution is 2.47. The Kier molecular flexibility index (Phi) is 6.75. The van der Waals surface area contributed by atoms with Crippen LogP contribution in [0.4, 0.5) is 5.69 Å². The number of fused-ring (bicyclic) bond motifs is 1. The molecule has 0 aliphatic carbocycles. The van der Waals surface area contributed by atoms with E-state index in [1.54, 1.807) is 12.4 Å². The molecule has 0 saturated heterocycles. The smallest absolute Gasteiger partial charge is 0.253 e. The lowest BCUT2D eigenvalue weighted by Crippen LogP contribution is -2.26. The van der Waals surface area contributed by atoms with Crippen molar-refractivity contribution in [2.24, 2.45) is 0 Å². The van der Waals surface area contributed by atoms with Gasteiger partial charge in [-0.25, -0.2) is 0 Å². The first kappa shape index (κ1) is 24.4. The number of hydrogen-bond acceptors (Lipinski definition) is 4. The Balaban J connectivity index is 1.31. The molecule has 3 aromatic carbocycles. The molecular weight excluding hydrogens is 484 g/mol. The van der Waals surface area contributed by atoms with Gasteiger partial charge in [-0.2, -0.15) is 0 Å². The predicted octanol–water partition coefficient (Wildman–Crippen LogP) is 5.71. The van der Waals surface area contributed by atoms with Gasteiger partial charge in [-0.3, -0.25) is 14.6 Å². The summed E-state index contributed by atoms with van der Waals surface area (Å²) < 4.78 is 0. The van der Waals surface area contributed by atoms with Gasteiger partial charge in [0.25, 0.3) is 11.5 Å². The van der Waals surface area contributed by atoms with Crippen LogP contribution < -0.4 is 16.2 Å². The van der Waals surface area contributed by atoms with Gasteiger partial charge < -0.3 is 15.6 Å². The van der Waals surface area contributed by atoms with Gasteiger partial charge >= 0.3 is 0 Å². The third-order valence-corrected chi connectivity index (χ3v) is 7.25. The van der Waals surface area contributed by atoms with Gasteiger partial charge in [0, 0.05) is 53.8 Å². The Morgan fingerprint density at radius 1 is 0.821 bits per heavy atom. The number of aromatic amines is 1. The normalized spacial score (nSPS) is 15.8. The summed E-state index contributed by atoms with van der Waals surface area (Å²) in [5.41, 5.74) is 7.32. The molecule has 192 valence electrons. The summed E-state index contributed by atoms with van der Waals surface area (Å²) in [6.45, 7) is 0.498. The van der Waals surface area contributed by atoms with Gasteiger partial charge in [0.15, 0.2) is 0 Å². The molecule has 0 bridgehead atoms. The van der Waals surface area contributed by atoms with Crippen molar-refractivity contribution in [3.8, 4) is 11.1 Å². The fraction of sp³-hybridized carbons (Fsp3) is 0.121. The summed E-state index contributed by atoms with van der Waals surface area (Å²) in [5.74, 6) is -0.275. The van der Waals surface area contributed by atoms with Crippen LogP contribution in [0.25, 0.3) is 11.1 Å². The minimum atomic E-state index is -0.269. The molecule has 6 rings (SSSR count). The van der Waals surface area contributed by atoms with Crippen LogP contribution in [0.3, 0.4) is 0 Å². The van der Waals surface area contributed by atoms with Crippen LogP contribution in [-0.2, 0) is 6.42 Å². The zero-order chi connectivity index (χ0) is 26.6. The molecule has 0 radical (unpaired) electrons. The first-order chi connectivity index (χ1) is 19.2. The van der Waals surface area contributed by atoms with Crippen molar-refractivity contribution >= 4 is 11.6 Å². The van der Waals surface area contributed by atoms with Gasteiger partial charge in [0.05, 0.1) is 6.04 Å². The van der Waals surface area contributed by atoms with E-state index in [1.807, 2.05) is 66.7 Å². The molecule has 6 heteroatoms. The molecule has 1 aliphatic rings. The molecule has 0 saturated carbocycles. The van der Waals surface area contributed by atoms with Crippen LogP contribution in [0, 0.1) is 0 Å². The number of amides is 1. The van der Waals surface area contributed by atoms with Crippen molar-refractivity contribution in [3.05, 3.63) is 154 Å². The lowest BCUT2D eigenvalue weighted by molar-refractivity contribution is 0.0954. The van der Waals surface area contributed by atoms with Crippen molar-refractivity contribution in [3.63, 3.8) is 0 Å². The highest BCUT2D eigenvalue weighted by molar-refractivity contribution is 5.95. The monoisotopic (exact) mass is 512 g/mol. The number of nitrogens with one attached hydrogen (secondary N) is 3. The highest BCUT2D eigenvalue weighted by Gasteiger charge is 2.36. The van der Waals surface area contributed by atoms with Gasteiger partial charge in [-0.15, -0.1) is 0 Å². The third kappa shape index (κ3) is 5.09. The molecule has 1 amide bonds. The summed E-state index contributed by atoms with van der Waals surface area (Å²) in [6.07, 6.45) is 4.06. The number of H-pyrrole nitrogens is 1. The molecule has 2 atom stereocenters. The van der Waals surface area contributed by atoms with Crippen LogP contribution in [-0.4, -0.2) is 22.4 Å². The van der Waals surface area contributed by atoms with Crippen molar-refractivity contribution in [1.82, 2.24) is 15.3 Å². The molecule has 6 nitrogen and oxygen atoms in total. The predicted molar refractivity (Wildman–Crippen MR) is 154 cm³/mol. The summed E-state index contributed by atoms with van der Waals surface area (Å²) in [5, 5.41) is 6.57. The first-order valence-corrected chi connectivity index (χ1v) is 13.1. The molecule has 2 aromatic heterocycles. The number of pyridine rings is 2. The Morgan fingerprint density at radius 3 is 2.38 bits per heavy atom. The van der Waals surface area contributed by atoms with Crippen LogP contribution >= 0.6 is 0 Å². The first-order valence-electron chi connectivity index (χ1n) is 13.1. The molecule has 0 spiro atoms. The minimum Gasteiger partial charge on any atom is -0.377 e. The van der Waals surface area contributed by atoms with E-state index >= 15 is 0 Å². The number of anilines is 1. The molecular formula is C33H28N4O2. The average Bonchev–Trinajstić information content (AvgIpc) is 3.37. The zero-order valence-corrected chi connectivity index (χ0v) is 21.3. The van der Waals surface area contributed by atoms with E-state index < -0.39 is 0 Å². The fourth-order valence-corrected chi connectivity index (χ4v) is 5.30. The second-order valence-corrected chi connectivity index (χ2v) is 9.67. The highest BCUT2D eigenvalue weighted by atomic mass is 16.1. The summed E-state index contributed by atoms with van der Waals surface area (Å²) >= 11 is 0. The molecule has 39 heavy (non-hydrogen) atoms. The van der Waals surface area contributed by atoms with E-state index in [-0.39, 0.29) is 23.4 Å². The zero-order valence-electron chi connectivity index (χ0n) is 21.3. The molecule has 5 aromatic rings. The van der Waals surface area contributed by atoms with Gasteiger partial charge in [-0.1, -0.05) is 60.7 Å². The van der Waals surface area contributed by atoms with Gasteiger partial charge in [0.2, 0.25) is 0 Å². The van der Waals surface area contributed by atoms with E-state index in [4.69, 9.17) is 0 Å². The van der Waals surface area contributed by atoms with Crippen molar-refractivity contribution in [2.45, 2.75) is 18.4 Å². The second-order valence-electron chi connectivity index (χ2n) is 9.67. The van der Waals surface area contributed by atoms with Crippen LogP contribution in [0.1, 0.15) is 44.7 Å². The Hall–Kier alpha value is -4.97. The van der Waals surface area contributed by atoms with E-state index in [2.05, 4.69) is 57.0 Å². The average molecular weight is 513 g/mol. The van der Waals surface area contributed by atoms with Crippen LogP contribution in [0.5, 0.6) is 0 Å². The number of hydrogen-bond donors (Lipinski definition) is 3. The quantitative estimate of drug-likeness (QED) is 0.261. The topological polar surface area (TPSA) is 86.9 Å². The maximum atomic E-state index is 13.1. The van der Waals surface area contributed by atoms with Crippen molar-refractivity contribution < 1.29 is 4.79 Å². The maximum Gasteiger partial charge on any atom is 0.253 e. The molecule has 3 N–H and O–H groups in total. The van der Waals surface area contributed by atoms with Crippen LogP contribution in [0.15, 0.2) is 120 Å².